The van der Waals surface area contributed by atoms with Crippen molar-refractivity contribution in [1.82, 2.24) is 15.1 Å². The fourth-order valence-corrected chi connectivity index (χ4v) is 2.32. The molecule has 0 radical (unpaired) electrons. The van der Waals surface area contributed by atoms with Crippen LogP contribution in [0, 0.1) is 0 Å². The number of rotatable bonds is 4. The molecule has 1 aromatic rings. The van der Waals surface area contributed by atoms with Gasteiger partial charge in [-0.2, -0.15) is 5.10 Å². The van der Waals surface area contributed by atoms with Gasteiger partial charge in [0, 0.05) is 12.2 Å². The zero-order chi connectivity index (χ0) is 13.0. The van der Waals surface area contributed by atoms with Gasteiger partial charge in [0.2, 0.25) is 0 Å². The van der Waals surface area contributed by atoms with Crippen LogP contribution in [0.25, 0.3) is 0 Å². The Morgan fingerprint density at radius 3 is 2.89 bits per heavy atom. The Kier molecular flexibility index (Phi) is 3.81. The molecule has 7 heteroatoms. The highest BCUT2D eigenvalue weighted by atomic mass is 16.4. The van der Waals surface area contributed by atoms with Crippen molar-refractivity contribution < 1.29 is 10.0 Å². The van der Waals surface area contributed by atoms with Crippen LogP contribution in [0.4, 0.5) is 0 Å². The van der Waals surface area contributed by atoms with Crippen LogP contribution in [0.15, 0.2) is 17.4 Å². The first-order valence-electron chi connectivity index (χ1n) is 5.99. The number of nitrogens with two attached hydrogens (primary N) is 1. The van der Waals surface area contributed by atoms with Crippen molar-refractivity contribution in [2.45, 2.75) is 31.7 Å². The van der Waals surface area contributed by atoms with Gasteiger partial charge in [-0.25, -0.2) is 0 Å². The molecule has 0 atom stereocenters. The van der Waals surface area contributed by atoms with Gasteiger partial charge in [-0.15, -0.1) is 0 Å². The van der Waals surface area contributed by atoms with E-state index in [0.717, 1.165) is 25.7 Å². The van der Waals surface area contributed by atoms with E-state index in [2.05, 4.69) is 15.4 Å². The van der Waals surface area contributed by atoms with Crippen molar-refractivity contribution in [3.8, 4) is 0 Å². The van der Waals surface area contributed by atoms with Crippen LogP contribution in [0.3, 0.4) is 0 Å². The summed E-state index contributed by atoms with van der Waals surface area (Å²) in [7, 11) is 0. The van der Waals surface area contributed by atoms with Gasteiger partial charge in [0.15, 0.2) is 5.84 Å². The van der Waals surface area contributed by atoms with E-state index >= 15 is 0 Å². The zero-order valence-electron chi connectivity index (χ0n) is 10.0. The van der Waals surface area contributed by atoms with E-state index in [1.54, 1.807) is 11.0 Å². The molecule has 0 spiro atoms. The van der Waals surface area contributed by atoms with Crippen LogP contribution in [0.1, 0.15) is 36.2 Å². The smallest absolute Gasteiger partial charge is 0.272 e. The van der Waals surface area contributed by atoms with Gasteiger partial charge in [-0.1, -0.05) is 18.0 Å². The number of aromatic nitrogens is 2. The van der Waals surface area contributed by atoms with Crippen molar-refractivity contribution >= 4 is 11.7 Å². The molecule has 1 fully saturated rings. The third kappa shape index (κ3) is 2.61. The van der Waals surface area contributed by atoms with Gasteiger partial charge in [-0.3, -0.25) is 9.89 Å². The van der Waals surface area contributed by atoms with E-state index < -0.39 is 0 Å². The Balaban J connectivity index is 2.15. The number of amidine groups is 1. The van der Waals surface area contributed by atoms with Crippen LogP contribution in [-0.2, 0) is 0 Å². The summed E-state index contributed by atoms with van der Waals surface area (Å²) in [4.78, 5) is 14.0. The van der Waals surface area contributed by atoms with E-state index in [0.29, 0.717) is 5.69 Å². The number of hydrogen-bond acceptors (Lipinski definition) is 4. The van der Waals surface area contributed by atoms with Crippen molar-refractivity contribution in [1.29, 1.82) is 0 Å². The molecule has 0 bridgehead atoms. The van der Waals surface area contributed by atoms with Crippen molar-refractivity contribution in [2.24, 2.45) is 10.9 Å². The Hall–Kier alpha value is -2.05. The summed E-state index contributed by atoms with van der Waals surface area (Å²) in [6.07, 6.45) is 5.65. The molecular weight excluding hydrogens is 234 g/mol. The van der Waals surface area contributed by atoms with Crippen LogP contribution in [0.5, 0.6) is 0 Å². The maximum atomic E-state index is 12.3. The number of oxime groups is 1. The SMILES string of the molecule is NC(CN(C(=O)c1ccn[nH]1)C1CCCC1)=NO. The fraction of sp³-hybridized carbons (Fsp3) is 0.545. The van der Waals surface area contributed by atoms with Gasteiger partial charge >= 0.3 is 0 Å². The topological polar surface area (TPSA) is 108 Å². The molecule has 2 rings (SSSR count). The Labute approximate surface area is 105 Å². The second-order valence-corrected chi connectivity index (χ2v) is 4.43. The van der Waals surface area contributed by atoms with E-state index in [-0.39, 0.29) is 24.3 Å². The summed E-state index contributed by atoms with van der Waals surface area (Å²) in [5.41, 5.74) is 5.94. The number of carbonyl (C=O) groups excluding carboxylic acids is 1. The molecule has 1 saturated carbocycles. The summed E-state index contributed by atoms with van der Waals surface area (Å²) < 4.78 is 0. The lowest BCUT2D eigenvalue weighted by molar-refractivity contribution is 0.0706. The molecule has 1 aliphatic carbocycles. The molecule has 1 aromatic heterocycles. The van der Waals surface area contributed by atoms with Crippen molar-refractivity contribution in [3.63, 3.8) is 0 Å². The predicted molar refractivity (Wildman–Crippen MR) is 65.3 cm³/mol. The molecule has 4 N–H and O–H groups in total. The summed E-state index contributed by atoms with van der Waals surface area (Å²) in [5, 5.41) is 18.0. The highest BCUT2D eigenvalue weighted by molar-refractivity contribution is 5.95. The highest BCUT2D eigenvalue weighted by Gasteiger charge is 2.28. The molecule has 1 aliphatic rings. The molecule has 1 amide bonds. The van der Waals surface area contributed by atoms with Crippen LogP contribution >= 0.6 is 0 Å². The minimum Gasteiger partial charge on any atom is -0.409 e. The van der Waals surface area contributed by atoms with E-state index in [9.17, 15) is 4.79 Å². The number of nitrogens with one attached hydrogen (secondary N) is 1. The summed E-state index contributed by atoms with van der Waals surface area (Å²) >= 11 is 0. The number of amides is 1. The highest BCUT2D eigenvalue weighted by Crippen LogP contribution is 2.24. The maximum absolute atomic E-state index is 12.3. The number of H-pyrrole nitrogens is 1. The van der Waals surface area contributed by atoms with Crippen molar-refractivity contribution in [2.75, 3.05) is 6.54 Å². The van der Waals surface area contributed by atoms with E-state index in [4.69, 9.17) is 10.9 Å². The Morgan fingerprint density at radius 2 is 2.33 bits per heavy atom. The molecule has 18 heavy (non-hydrogen) atoms. The summed E-state index contributed by atoms with van der Waals surface area (Å²) in [6, 6.07) is 1.78. The molecular formula is C11H17N5O2. The van der Waals surface area contributed by atoms with Gasteiger partial charge < -0.3 is 15.8 Å². The monoisotopic (exact) mass is 251 g/mol. The largest absolute Gasteiger partial charge is 0.409 e. The summed E-state index contributed by atoms with van der Waals surface area (Å²) in [5.74, 6) is -0.124. The quantitative estimate of drug-likeness (QED) is 0.314. The van der Waals surface area contributed by atoms with Gasteiger partial charge in [-0.05, 0) is 18.9 Å². The average Bonchev–Trinajstić information content (AvgIpc) is 3.06. The third-order valence-electron chi connectivity index (χ3n) is 3.22. The Morgan fingerprint density at radius 1 is 1.61 bits per heavy atom. The van der Waals surface area contributed by atoms with Crippen LogP contribution in [-0.4, -0.2) is 44.6 Å². The van der Waals surface area contributed by atoms with Gasteiger partial charge in [0.25, 0.3) is 5.91 Å². The first kappa shape index (κ1) is 12.4. The number of nitrogens with zero attached hydrogens (tertiary/aromatic N) is 3. The molecule has 1 heterocycles. The molecule has 0 aliphatic heterocycles. The molecule has 7 nitrogen and oxygen atoms in total. The number of carbonyl (C=O) groups is 1. The van der Waals surface area contributed by atoms with Crippen LogP contribution < -0.4 is 5.73 Å². The number of hydrogen-bond donors (Lipinski definition) is 3. The third-order valence-corrected chi connectivity index (χ3v) is 3.22. The fourth-order valence-electron chi connectivity index (χ4n) is 2.32. The molecule has 0 aromatic carbocycles. The van der Waals surface area contributed by atoms with Gasteiger partial charge in [0.05, 0.1) is 6.54 Å². The second kappa shape index (κ2) is 5.52. The minimum atomic E-state index is -0.161. The lowest BCUT2D eigenvalue weighted by atomic mass is 10.2. The van der Waals surface area contributed by atoms with E-state index in [1.807, 2.05) is 0 Å². The zero-order valence-corrected chi connectivity index (χ0v) is 10.0. The lowest BCUT2D eigenvalue weighted by Gasteiger charge is -2.27. The molecule has 0 unspecified atom stereocenters. The first-order valence-corrected chi connectivity index (χ1v) is 5.99. The first-order chi connectivity index (χ1) is 8.72. The number of aromatic amines is 1. The maximum Gasteiger partial charge on any atom is 0.272 e. The average molecular weight is 251 g/mol. The molecule has 0 saturated heterocycles. The second-order valence-electron chi connectivity index (χ2n) is 4.43. The van der Waals surface area contributed by atoms with E-state index in [1.165, 1.54) is 6.20 Å². The van der Waals surface area contributed by atoms with Crippen molar-refractivity contribution in [3.05, 3.63) is 18.0 Å². The van der Waals surface area contributed by atoms with Gasteiger partial charge in [0.1, 0.15) is 5.69 Å². The minimum absolute atomic E-state index is 0.0368. The Bertz CT molecular complexity index is 423. The summed E-state index contributed by atoms with van der Waals surface area (Å²) in [6.45, 7) is 0.138. The predicted octanol–water partition coefficient (Wildman–Crippen LogP) is 0.541. The molecule has 98 valence electrons. The van der Waals surface area contributed by atoms with Crippen LogP contribution in [0.2, 0.25) is 0 Å². The standard InChI is InChI=1S/C11H17N5O2/c12-10(15-18)7-16(8-3-1-2-4-8)11(17)9-5-6-13-14-9/h5-6,8,18H,1-4,7H2,(H2,12,15)(H,13,14). The normalized spacial score (nSPS) is 17.0. The lowest BCUT2D eigenvalue weighted by Crippen LogP contribution is -2.44.